The van der Waals surface area contributed by atoms with Gasteiger partial charge in [0.1, 0.15) is 11.3 Å². The number of imidazole rings is 1. The maximum atomic E-state index is 11.9. The van der Waals surface area contributed by atoms with Crippen molar-refractivity contribution in [3.05, 3.63) is 80.7 Å². The van der Waals surface area contributed by atoms with Gasteiger partial charge in [-0.1, -0.05) is 60.5 Å². The van der Waals surface area contributed by atoms with Crippen LogP contribution in [0.25, 0.3) is 16.9 Å². The number of aryl methyl sites for hydroxylation is 3. The van der Waals surface area contributed by atoms with Crippen LogP contribution in [0.5, 0.6) is 5.75 Å². The number of pyridine rings is 1. The van der Waals surface area contributed by atoms with Crippen molar-refractivity contribution in [2.75, 3.05) is 0 Å². The molecule has 2 heterocycles. The SMILES string of the molecule is CCc1nc2c(C)c(C)c(C)nc2n1-c1cc(Cl)c(OC(C(=O)O)c2ccccc2)c(Cl)c1. The average molecular weight is 484 g/mol. The highest BCUT2D eigenvalue weighted by Gasteiger charge is 2.25. The van der Waals surface area contributed by atoms with E-state index in [1.807, 2.05) is 32.3 Å². The fourth-order valence-corrected chi connectivity index (χ4v) is 4.37. The molecule has 0 amide bonds. The zero-order chi connectivity index (χ0) is 23.9. The number of ether oxygens (including phenoxy) is 1. The molecule has 1 N–H and O–H groups in total. The first-order chi connectivity index (χ1) is 15.7. The fourth-order valence-electron chi connectivity index (χ4n) is 3.81. The van der Waals surface area contributed by atoms with E-state index in [9.17, 15) is 9.90 Å². The number of carboxylic acid groups (broad SMARTS) is 1. The fraction of sp³-hybridized carbons (Fsp3) is 0.240. The number of aliphatic carboxylic acids is 1. The molecule has 0 aliphatic carbocycles. The number of aromatic nitrogens is 3. The Balaban J connectivity index is 1.83. The molecule has 0 saturated heterocycles. The summed E-state index contributed by atoms with van der Waals surface area (Å²) < 4.78 is 7.72. The number of hydrogen-bond acceptors (Lipinski definition) is 4. The molecule has 1 unspecified atom stereocenters. The number of benzene rings is 2. The zero-order valence-corrected chi connectivity index (χ0v) is 20.2. The number of rotatable bonds is 6. The van der Waals surface area contributed by atoms with Crippen LogP contribution in [-0.4, -0.2) is 25.6 Å². The Morgan fingerprint density at radius 3 is 2.27 bits per heavy atom. The van der Waals surface area contributed by atoms with E-state index in [2.05, 4.69) is 0 Å². The number of halogens is 2. The molecule has 0 aliphatic rings. The van der Waals surface area contributed by atoms with Gasteiger partial charge in [0.25, 0.3) is 0 Å². The number of hydrogen-bond donors (Lipinski definition) is 1. The minimum absolute atomic E-state index is 0.108. The van der Waals surface area contributed by atoms with Crippen molar-refractivity contribution in [2.24, 2.45) is 0 Å². The molecule has 33 heavy (non-hydrogen) atoms. The van der Waals surface area contributed by atoms with Crippen molar-refractivity contribution in [1.29, 1.82) is 0 Å². The molecule has 1 atom stereocenters. The third-order valence-corrected chi connectivity index (χ3v) is 6.34. The van der Waals surface area contributed by atoms with Gasteiger partial charge in [-0.3, -0.25) is 4.57 Å². The molecule has 6 nitrogen and oxygen atoms in total. The van der Waals surface area contributed by atoms with Crippen LogP contribution in [0.4, 0.5) is 0 Å². The molecule has 2 aromatic heterocycles. The van der Waals surface area contributed by atoms with Crippen molar-refractivity contribution < 1.29 is 14.6 Å². The summed E-state index contributed by atoms with van der Waals surface area (Å²) in [6.07, 6.45) is -0.571. The second kappa shape index (κ2) is 9.04. The monoisotopic (exact) mass is 483 g/mol. The predicted octanol–water partition coefficient (Wildman–Crippen LogP) is 6.42. The molecule has 4 rings (SSSR count). The summed E-state index contributed by atoms with van der Waals surface area (Å²) >= 11 is 13.1. The van der Waals surface area contributed by atoms with Crippen LogP contribution >= 0.6 is 23.2 Å². The van der Waals surface area contributed by atoms with Gasteiger partial charge in [-0.05, 0) is 44.0 Å². The third kappa shape index (κ3) is 4.16. The van der Waals surface area contributed by atoms with Crippen LogP contribution in [0.1, 0.15) is 41.2 Å². The van der Waals surface area contributed by atoms with Crippen LogP contribution in [0.2, 0.25) is 10.0 Å². The van der Waals surface area contributed by atoms with Crippen molar-refractivity contribution in [2.45, 2.75) is 40.2 Å². The first-order valence-electron chi connectivity index (χ1n) is 10.5. The highest BCUT2D eigenvalue weighted by atomic mass is 35.5. The van der Waals surface area contributed by atoms with Gasteiger partial charge < -0.3 is 9.84 Å². The number of carbonyl (C=O) groups is 1. The molecule has 4 aromatic rings. The molecule has 0 aliphatic heterocycles. The first kappa shape index (κ1) is 23.1. The maximum Gasteiger partial charge on any atom is 0.349 e. The number of fused-ring (bicyclic) bond motifs is 1. The van der Waals surface area contributed by atoms with E-state index in [4.69, 9.17) is 37.9 Å². The second-order valence-corrected chi connectivity index (χ2v) is 8.64. The van der Waals surface area contributed by atoms with E-state index in [1.54, 1.807) is 42.5 Å². The van der Waals surface area contributed by atoms with E-state index in [0.717, 1.165) is 33.8 Å². The Bertz CT molecular complexity index is 1340. The van der Waals surface area contributed by atoms with Crippen molar-refractivity contribution in [3.63, 3.8) is 0 Å². The molecular weight excluding hydrogens is 461 g/mol. The average Bonchev–Trinajstić information content (AvgIpc) is 3.16. The normalized spacial score (nSPS) is 12.2. The van der Waals surface area contributed by atoms with Gasteiger partial charge in [-0.2, -0.15) is 0 Å². The van der Waals surface area contributed by atoms with Gasteiger partial charge in [0.05, 0.1) is 15.7 Å². The Labute approximate surface area is 201 Å². The minimum Gasteiger partial charge on any atom is -0.478 e. The van der Waals surface area contributed by atoms with E-state index < -0.39 is 12.1 Å². The van der Waals surface area contributed by atoms with Gasteiger partial charge >= 0.3 is 5.97 Å². The second-order valence-electron chi connectivity index (χ2n) is 7.82. The van der Waals surface area contributed by atoms with E-state index >= 15 is 0 Å². The number of nitrogens with zero attached hydrogens (tertiary/aromatic N) is 3. The zero-order valence-electron chi connectivity index (χ0n) is 18.7. The van der Waals surface area contributed by atoms with Crippen LogP contribution in [0.15, 0.2) is 42.5 Å². The Kier molecular flexibility index (Phi) is 6.32. The lowest BCUT2D eigenvalue weighted by Gasteiger charge is -2.19. The highest BCUT2D eigenvalue weighted by Crippen LogP contribution is 2.39. The van der Waals surface area contributed by atoms with Gasteiger partial charge in [0.2, 0.25) is 6.10 Å². The lowest BCUT2D eigenvalue weighted by molar-refractivity contribution is -0.145. The predicted molar refractivity (Wildman–Crippen MR) is 130 cm³/mol. The summed E-state index contributed by atoms with van der Waals surface area (Å²) in [6.45, 7) is 8.06. The van der Waals surface area contributed by atoms with Crippen molar-refractivity contribution in [3.8, 4) is 11.4 Å². The topological polar surface area (TPSA) is 77.2 Å². The summed E-state index contributed by atoms with van der Waals surface area (Å²) in [5.41, 5.74) is 5.83. The van der Waals surface area contributed by atoms with E-state index in [1.165, 1.54) is 0 Å². The van der Waals surface area contributed by atoms with E-state index in [-0.39, 0.29) is 15.8 Å². The van der Waals surface area contributed by atoms with Gasteiger partial charge in [0, 0.05) is 17.7 Å². The summed E-state index contributed by atoms with van der Waals surface area (Å²) in [7, 11) is 0. The maximum absolute atomic E-state index is 11.9. The molecule has 0 saturated carbocycles. The molecule has 8 heteroatoms. The number of carboxylic acids is 1. The molecule has 0 fully saturated rings. The minimum atomic E-state index is -1.25. The van der Waals surface area contributed by atoms with Crippen LogP contribution in [0, 0.1) is 20.8 Å². The molecular formula is C25H23Cl2N3O3. The third-order valence-electron chi connectivity index (χ3n) is 5.78. The standard InChI is InChI=1S/C25H23Cl2N3O3/c1-5-20-29-21-14(3)13(2)15(4)28-24(21)30(20)17-11-18(26)23(19(27)12-17)33-22(25(31)32)16-9-7-6-8-10-16/h6-12,22H,5H2,1-4H3,(H,31,32). The van der Waals surface area contributed by atoms with Crippen LogP contribution in [-0.2, 0) is 11.2 Å². The van der Waals surface area contributed by atoms with Crippen LogP contribution < -0.4 is 4.74 Å². The smallest absolute Gasteiger partial charge is 0.349 e. The van der Waals surface area contributed by atoms with Gasteiger partial charge in [0.15, 0.2) is 11.4 Å². The Morgan fingerprint density at radius 1 is 1.06 bits per heavy atom. The lowest BCUT2D eigenvalue weighted by atomic mass is 10.1. The highest BCUT2D eigenvalue weighted by molar-refractivity contribution is 6.37. The van der Waals surface area contributed by atoms with Crippen LogP contribution in [0.3, 0.4) is 0 Å². The quantitative estimate of drug-likeness (QED) is 0.342. The molecule has 0 radical (unpaired) electrons. The van der Waals surface area contributed by atoms with Gasteiger partial charge in [-0.25, -0.2) is 14.8 Å². The summed E-state index contributed by atoms with van der Waals surface area (Å²) in [5, 5.41) is 10.1. The summed E-state index contributed by atoms with van der Waals surface area (Å²) in [4.78, 5) is 21.5. The van der Waals surface area contributed by atoms with Crippen molar-refractivity contribution >= 4 is 40.3 Å². The first-order valence-corrected chi connectivity index (χ1v) is 11.3. The summed E-state index contributed by atoms with van der Waals surface area (Å²) in [5.74, 6) is -0.215. The van der Waals surface area contributed by atoms with Crippen molar-refractivity contribution in [1.82, 2.24) is 14.5 Å². The molecule has 2 aromatic carbocycles. The largest absolute Gasteiger partial charge is 0.478 e. The Hall–Kier alpha value is -3.09. The Morgan fingerprint density at radius 2 is 1.70 bits per heavy atom. The summed E-state index contributed by atoms with van der Waals surface area (Å²) in [6, 6.07) is 12.0. The van der Waals surface area contributed by atoms with E-state index in [0.29, 0.717) is 17.7 Å². The molecule has 0 spiro atoms. The van der Waals surface area contributed by atoms with Gasteiger partial charge in [-0.15, -0.1) is 0 Å². The molecule has 0 bridgehead atoms. The lowest BCUT2D eigenvalue weighted by Crippen LogP contribution is -2.18. The molecule has 170 valence electrons.